The first-order chi connectivity index (χ1) is 9.34. The SMILES string of the molecule is CCOC1CC(Nc2cc(C(=O)O)cc(Cl)n2)C1(C)C. The average molecular weight is 299 g/mol. The number of hydrogen-bond acceptors (Lipinski definition) is 4. The molecule has 1 aliphatic carbocycles. The average Bonchev–Trinajstić information content (AvgIpc) is 2.37. The van der Waals surface area contributed by atoms with Gasteiger partial charge < -0.3 is 15.2 Å². The van der Waals surface area contributed by atoms with Crippen LogP contribution in [0, 0.1) is 5.41 Å². The molecule has 1 heterocycles. The van der Waals surface area contributed by atoms with Crippen molar-refractivity contribution in [2.75, 3.05) is 11.9 Å². The van der Waals surface area contributed by atoms with E-state index in [2.05, 4.69) is 24.1 Å². The fourth-order valence-electron chi connectivity index (χ4n) is 2.49. The molecule has 20 heavy (non-hydrogen) atoms. The maximum Gasteiger partial charge on any atom is 0.335 e. The zero-order valence-corrected chi connectivity index (χ0v) is 12.6. The van der Waals surface area contributed by atoms with Gasteiger partial charge in [0.15, 0.2) is 0 Å². The second-order valence-electron chi connectivity index (χ2n) is 5.57. The van der Waals surface area contributed by atoms with E-state index in [-0.39, 0.29) is 28.3 Å². The highest BCUT2D eigenvalue weighted by Gasteiger charge is 2.49. The molecule has 110 valence electrons. The van der Waals surface area contributed by atoms with Gasteiger partial charge in [-0.05, 0) is 25.5 Å². The molecule has 2 rings (SSSR count). The van der Waals surface area contributed by atoms with Gasteiger partial charge in [-0.25, -0.2) is 9.78 Å². The van der Waals surface area contributed by atoms with Crippen molar-refractivity contribution in [3.8, 4) is 0 Å². The van der Waals surface area contributed by atoms with Crippen molar-refractivity contribution in [1.82, 2.24) is 4.98 Å². The lowest BCUT2D eigenvalue weighted by atomic mass is 9.64. The highest BCUT2D eigenvalue weighted by molar-refractivity contribution is 6.29. The van der Waals surface area contributed by atoms with Crippen LogP contribution in [0.2, 0.25) is 5.15 Å². The monoisotopic (exact) mass is 298 g/mol. The van der Waals surface area contributed by atoms with Gasteiger partial charge in [0, 0.05) is 18.1 Å². The first-order valence-corrected chi connectivity index (χ1v) is 7.01. The minimum atomic E-state index is -1.02. The smallest absolute Gasteiger partial charge is 0.335 e. The van der Waals surface area contributed by atoms with Crippen LogP contribution in [0.25, 0.3) is 0 Å². The van der Waals surface area contributed by atoms with Gasteiger partial charge in [0.2, 0.25) is 0 Å². The molecule has 5 nitrogen and oxygen atoms in total. The minimum Gasteiger partial charge on any atom is -0.478 e. The van der Waals surface area contributed by atoms with Gasteiger partial charge in [0.25, 0.3) is 0 Å². The number of pyridine rings is 1. The van der Waals surface area contributed by atoms with Crippen molar-refractivity contribution in [2.24, 2.45) is 5.41 Å². The predicted octanol–water partition coefficient (Wildman–Crippen LogP) is 3.05. The highest BCUT2D eigenvalue weighted by Crippen LogP contribution is 2.44. The van der Waals surface area contributed by atoms with Crippen LogP contribution in [0.4, 0.5) is 5.82 Å². The van der Waals surface area contributed by atoms with Gasteiger partial charge in [-0.2, -0.15) is 0 Å². The Labute approximate surface area is 123 Å². The number of nitrogens with zero attached hydrogens (tertiary/aromatic N) is 1. The number of nitrogens with one attached hydrogen (secondary N) is 1. The number of hydrogen-bond donors (Lipinski definition) is 2. The fourth-order valence-corrected chi connectivity index (χ4v) is 2.70. The van der Waals surface area contributed by atoms with Gasteiger partial charge in [-0.3, -0.25) is 0 Å². The zero-order valence-electron chi connectivity index (χ0n) is 11.8. The normalized spacial score (nSPS) is 24.0. The van der Waals surface area contributed by atoms with Crippen LogP contribution >= 0.6 is 11.6 Å². The molecule has 0 amide bonds. The zero-order chi connectivity index (χ0) is 14.9. The van der Waals surface area contributed by atoms with E-state index in [0.717, 1.165) is 6.42 Å². The third kappa shape index (κ3) is 2.88. The van der Waals surface area contributed by atoms with E-state index in [1.54, 1.807) is 0 Å². The van der Waals surface area contributed by atoms with Crippen LogP contribution in [-0.4, -0.2) is 34.8 Å². The van der Waals surface area contributed by atoms with Gasteiger partial charge >= 0.3 is 5.97 Å². The summed E-state index contributed by atoms with van der Waals surface area (Å²) in [5.41, 5.74) is 0.106. The van der Waals surface area contributed by atoms with Crippen molar-refractivity contribution in [2.45, 2.75) is 39.3 Å². The summed E-state index contributed by atoms with van der Waals surface area (Å²) in [5, 5.41) is 12.4. The molecule has 0 spiro atoms. The van der Waals surface area contributed by atoms with Crippen molar-refractivity contribution in [1.29, 1.82) is 0 Å². The molecule has 0 saturated heterocycles. The van der Waals surface area contributed by atoms with E-state index in [0.29, 0.717) is 12.4 Å². The number of carboxylic acids is 1. The predicted molar refractivity (Wildman–Crippen MR) is 77.4 cm³/mol. The Hall–Kier alpha value is -1.33. The van der Waals surface area contributed by atoms with E-state index in [1.807, 2.05) is 6.92 Å². The Bertz CT molecular complexity index is 519. The number of carboxylic acid groups (broad SMARTS) is 1. The molecule has 1 aromatic rings. The molecular weight excluding hydrogens is 280 g/mol. The van der Waals surface area contributed by atoms with Crippen molar-refractivity contribution < 1.29 is 14.6 Å². The highest BCUT2D eigenvalue weighted by atomic mass is 35.5. The quantitative estimate of drug-likeness (QED) is 0.818. The molecule has 0 radical (unpaired) electrons. The van der Waals surface area contributed by atoms with E-state index in [1.165, 1.54) is 12.1 Å². The van der Waals surface area contributed by atoms with Crippen molar-refractivity contribution in [3.63, 3.8) is 0 Å². The molecular formula is C14H19ClN2O3. The van der Waals surface area contributed by atoms with Crippen LogP contribution in [0.1, 0.15) is 37.6 Å². The molecule has 2 N–H and O–H groups in total. The van der Waals surface area contributed by atoms with Crippen molar-refractivity contribution >= 4 is 23.4 Å². The summed E-state index contributed by atoms with van der Waals surface area (Å²) in [6, 6.07) is 3.02. The topological polar surface area (TPSA) is 71.5 Å². The first-order valence-electron chi connectivity index (χ1n) is 6.63. The third-order valence-corrected chi connectivity index (χ3v) is 4.10. The standard InChI is InChI=1S/C14H19ClN2O3/c1-4-20-10-7-9(14(10,2)3)16-12-6-8(13(18)19)5-11(15)17-12/h5-6,9-10H,4,7H2,1-3H3,(H,16,17)(H,18,19). The van der Waals surface area contributed by atoms with Crippen LogP contribution in [-0.2, 0) is 4.74 Å². The summed E-state index contributed by atoms with van der Waals surface area (Å²) in [6.45, 7) is 6.92. The molecule has 6 heteroatoms. The minimum absolute atomic E-state index is 0.0244. The Morgan fingerprint density at radius 1 is 1.60 bits per heavy atom. The molecule has 1 aromatic heterocycles. The molecule has 1 fully saturated rings. The van der Waals surface area contributed by atoms with E-state index < -0.39 is 5.97 Å². The molecule has 0 aromatic carbocycles. The Kier molecular flexibility index (Phi) is 4.20. The van der Waals surface area contributed by atoms with Gasteiger partial charge in [0.05, 0.1) is 11.7 Å². The Balaban J connectivity index is 2.10. The third-order valence-electron chi connectivity index (χ3n) is 3.91. The lowest BCUT2D eigenvalue weighted by Gasteiger charge is -2.51. The summed E-state index contributed by atoms with van der Waals surface area (Å²) in [6.07, 6.45) is 1.08. The second kappa shape index (κ2) is 5.58. The van der Waals surface area contributed by atoms with Crippen LogP contribution in [0.15, 0.2) is 12.1 Å². The molecule has 1 saturated carbocycles. The van der Waals surface area contributed by atoms with Crippen molar-refractivity contribution in [3.05, 3.63) is 22.8 Å². The first kappa shape index (κ1) is 15.1. The lowest BCUT2D eigenvalue weighted by Crippen LogP contribution is -2.58. The van der Waals surface area contributed by atoms with E-state index in [4.69, 9.17) is 21.4 Å². The molecule has 0 bridgehead atoms. The summed E-state index contributed by atoms with van der Waals surface area (Å²) < 4.78 is 5.67. The molecule has 2 unspecified atom stereocenters. The molecule has 1 aliphatic rings. The fraction of sp³-hybridized carbons (Fsp3) is 0.571. The maximum absolute atomic E-state index is 11.0. The summed E-state index contributed by atoms with van der Waals surface area (Å²) in [5.74, 6) is -0.527. The van der Waals surface area contributed by atoms with Crippen LogP contribution in [0.5, 0.6) is 0 Å². The second-order valence-corrected chi connectivity index (χ2v) is 5.95. The Morgan fingerprint density at radius 3 is 2.85 bits per heavy atom. The van der Waals surface area contributed by atoms with Gasteiger partial charge in [0.1, 0.15) is 11.0 Å². The molecule has 2 atom stereocenters. The maximum atomic E-state index is 11.0. The number of rotatable bonds is 5. The number of carbonyl (C=O) groups is 1. The number of aromatic carboxylic acids is 1. The summed E-state index contributed by atoms with van der Waals surface area (Å²) >= 11 is 5.85. The van der Waals surface area contributed by atoms with E-state index >= 15 is 0 Å². The summed E-state index contributed by atoms with van der Waals surface area (Å²) in [4.78, 5) is 15.1. The lowest BCUT2D eigenvalue weighted by molar-refractivity contribution is -0.0976. The number of ether oxygens (including phenoxy) is 1. The Morgan fingerprint density at radius 2 is 2.30 bits per heavy atom. The van der Waals surface area contributed by atoms with Crippen LogP contribution in [0.3, 0.4) is 0 Å². The van der Waals surface area contributed by atoms with E-state index in [9.17, 15) is 4.79 Å². The van der Waals surface area contributed by atoms with Gasteiger partial charge in [-0.1, -0.05) is 25.4 Å². The van der Waals surface area contributed by atoms with Crippen LogP contribution < -0.4 is 5.32 Å². The number of halogens is 1. The number of aromatic nitrogens is 1. The number of anilines is 1. The summed E-state index contributed by atoms with van der Waals surface area (Å²) in [7, 11) is 0. The molecule has 0 aliphatic heterocycles. The van der Waals surface area contributed by atoms with Gasteiger partial charge in [-0.15, -0.1) is 0 Å². The largest absolute Gasteiger partial charge is 0.478 e.